The fourth-order valence-corrected chi connectivity index (χ4v) is 4.16. The molecule has 4 N–H and O–H groups in total. The molecule has 30 heavy (non-hydrogen) atoms. The topological polar surface area (TPSA) is 107 Å². The molecule has 0 aliphatic carbocycles. The minimum Gasteiger partial charge on any atom is -0.378 e. The Labute approximate surface area is 182 Å². The van der Waals surface area contributed by atoms with E-state index >= 15 is 0 Å². The maximum atomic E-state index is 12.4. The third-order valence-corrected chi connectivity index (χ3v) is 5.68. The van der Waals surface area contributed by atoms with Crippen molar-refractivity contribution >= 4 is 61.2 Å². The molecular formula is C20H21ClN6O2S. The lowest BCUT2D eigenvalue weighted by molar-refractivity contribution is 0.0920. The highest BCUT2D eigenvalue weighted by Gasteiger charge is 2.13. The molecule has 10 heteroatoms. The number of hydrogen-bond acceptors (Lipinski definition) is 7. The molecule has 0 atom stereocenters. The second-order valence-corrected chi connectivity index (χ2v) is 8.08. The summed E-state index contributed by atoms with van der Waals surface area (Å²) in [7, 11) is 1.91. The first kappa shape index (κ1) is 20.5. The van der Waals surface area contributed by atoms with Crippen molar-refractivity contribution in [2.75, 3.05) is 31.6 Å². The van der Waals surface area contributed by atoms with Crippen molar-refractivity contribution in [1.82, 2.24) is 19.9 Å². The normalized spacial score (nSPS) is 11.3. The molecule has 0 radical (unpaired) electrons. The number of anilines is 2. The van der Waals surface area contributed by atoms with Crippen LogP contribution in [0.5, 0.6) is 0 Å². The van der Waals surface area contributed by atoms with E-state index in [9.17, 15) is 4.79 Å². The van der Waals surface area contributed by atoms with E-state index in [0.717, 1.165) is 26.4 Å². The Hall–Kier alpha value is -2.72. The molecule has 0 saturated heterocycles. The summed E-state index contributed by atoms with van der Waals surface area (Å²) in [5.41, 5.74) is 8.41. The molecule has 0 bridgehead atoms. The lowest BCUT2D eigenvalue weighted by Crippen LogP contribution is -2.27. The quantitative estimate of drug-likeness (QED) is 0.360. The van der Waals surface area contributed by atoms with Gasteiger partial charge in [-0.15, -0.1) is 0 Å². The largest absolute Gasteiger partial charge is 0.378 e. The van der Waals surface area contributed by atoms with Crippen molar-refractivity contribution in [2.45, 2.75) is 0 Å². The Balaban J connectivity index is 1.50. The number of thiazole rings is 1. The first-order valence-electron chi connectivity index (χ1n) is 9.41. The Kier molecular flexibility index (Phi) is 6.14. The molecule has 0 aliphatic heterocycles. The molecular weight excluding hydrogens is 424 g/mol. The van der Waals surface area contributed by atoms with Crippen molar-refractivity contribution in [3.05, 3.63) is 47.0 Å². The van der Waals surface area contributed by atoms with Crippen LogP contribution in [-0.4, -0.2) is 46.7 Å². The van der Waals surface area contributed by atoms with Crippen LogP contribution >= 0.6 is 22.9 Å². The summed E-state index contributed by atoms with van der Waals surface area (Å²) in [5, 5.41) is 7.49. The fourth-order valence-electron chi connectivity index (χ4n) is 3.02. The first-order chi connectivity index (χ1) is 14.5. The molecule has 2 aromatic carbocycles. The Bertz CT molecular complexity index is 1200. The fraction of sp³-hybridized carbons (Fsp3) is 0.250. The van der Waals surface area contributed by atoms with E-state index in [1.165, 1.54) is 11.3 Å². The van der Waals surface area contributed by atoms with Gasteiger partial charge in [-0.05, 0) is 36.4 Å². The van der Waals surface area contributed by atoms with E-state index in [-0.39, 0.29) is 5.91 Å². The van der Waals surface area contributed by atoms with E-state index in [2.05, 4.69) is 20.6 Å². The lowest BCUT2D eigenvalue weighted by atomic mass is 10.2. The molecule has 0 unspecified atom stereocenters. The van der Waals surface area contributed by atoms with Gasteiger partial charge in [0.15, 0.2) is 5.13 Å². The number of amides is 1. The smallest absolute Gasteiger partial charge is 0.251 e. The van der Waals surface area contributed by atoms with Crippen LogP contribution in [0.4, 0.5) is 11.1 Å². The van der Waals surface area contributed by atoms with E-state index in [4.69, 9.17) is 22.1 Å². The van der Waals surface area contributed by atoms with Gasteiger partial charge in [0, 0.05) is 30.7 Å². The van der Waals surface area contributed by atoms with E-state index in [0.29, 0.717) is 42.8 Å². The second kappa shape index (κ2) is 8.97. The zero-order chi connectivity index (χ0) is 21.1. The third-order valence-electron chi connectivity index (χ3n) is 4.51. The number of nitrogens with one attached hydrogen (secondary N) is 2. The number of nitrogens with zero attached hydrogens (tertiary/aromatic N) is 3. The highest BCUT2D eigenvalue weighted by Crippen LogP contribution is 2.30. The number of carbonyl (C=O) groups excluding carboxylic acids is 1. The summed E-state index contributed by atoms with van der Waals surface area (Å²) in [6.07, 6.45) is 0. The van der Waals surface area contributed by atoms with Gasteiger partial charge >= 0.3 is 0 Å². The van der Waals surface area contributed by atoms with Crippen molar-refractivity contribution in [3.63, 3.8) is 0 Å². The highest BCUT2D eigenvalue weighted by atomic mass is 35.5. The summed E-state index contributed by atoms with van der Waals surface area (Å²) in [6, 6.07) is 11.0. The predicted molar refractivity (Wildman–Crippen MR) is 121 cm³/mol. The first-order valence-corrected chi connectivity index (χ1v) is 10.6. The molecule has 2 heterocycles. The Morgan fingerprint density at radius 2 is 2.07 bits per heavy atom. The molecule has 1 amide bonds. The van der Waals surface area contributed by atoms with Gasteiger partial charge in [0.25, 0.3) is 5.91 Å². The molecule has 4 rings (SSSR count). The zero-order valence-electron chi connectivity index (χ0n) is 16.3. The van der Waals surface area contributed by atoms with Crippen LogP contribution in [-0.2, 0) is 11.8 Å². The average molecular weight is 445 g/mol. The van der Waals surface area contributed by atoms with Crippen LogP contribution in [0.25, 0.3) is 21.3 Å². The van der Waals surface area contributed by atoms with Crippen LogP contribution in [0, 0.1) is 0 Å². The number of nitrogens with two attached hydrogens (primary N) is 1. The van der Waals surface area contributed by atoms with Gasteiger partial charge in [0.1, 0.15) is 0 Å². The Morgan fingerprint density at radius 1 is 1.20 bits per heavy atom. The third kappa shape index (κ3) is 4.39. The molecule has 8 nitrogen and oxygen atoms in total. The molecule has 0 saturated carbocycles. The number of fused-ring (bicyclic) bond motifs is 2. The minimum atomic E-state index is -0.170. The highest BCUT2D eigenvalue weighted by molar-refractivity contribution is 7.22. The molecule has 2 aromatic heterocycles. The number of ether oxygens (including phenoxy) is 1. The van der Waals surface area contributed by atoms with Crippen molar-refractivity contribution < 1.29 is 9.53 Å². The standard InChI is InChI=1S/C20H21ClN6O2S/c1-27-16-5-2-12(18(28)23-7-9-29-8-6-22)10-15(16)24-19(27)26-20-25-14-4-3-13(21)11-17(14)30-20/h2-5,10-11H,6-9,22H2,1H3,(H,23,28)(H,24,25,26). The number of hydrogen-bond donors (Lipinski definition) is 3. The van der Waals surface area contributed by atoms with E-state index in [1.807, 2.05) is 35.9 Å². The second-order valence-electron chi connectivity index (χ2n) is 6.61. The van der Waals surface area contributed by atoms with E-state index in [1.54, 1.807) is 12.1 Å². The summed E-state index contributed by atoms with van der Waals surface area (Å²) in [5.74, 6) is 0.472. The van der Waals surface area contributed by atoms with Crippen LogP contribution < -0.4 is 16.4 Å². The molecule has 4 aromatic rings. The van der Waals surface area contributed by atoms with Crippen LogP contribution in [0.2, 0.25) is 5.02 Å². The van der Waals surface area contributed by atoms with Gasteiger partial charge < -0.3 is 25.7 Å². The maximum absolute atomic E-state index is 12.4. The van der Waals surface area contributed by atoms with E-state index < -0.39 is 0 Å². The maximum Gasteiger partial charge on any atom is 0.251 e. The van der Waals surface area contributed by atoms with Gasteiger partial charge in [-0.2, -0.15) is 0 Å². The van der Waals surface area contributed by atoms with Gasteiger partial charge in [0.2, 0.25) is 5.95 Å². The van der Waals surface area contributed by atoms with Crippen LogP contribution in [0.1, 0.15) is 10.4 Å². The summed E-state index contributed by atoms with van der Waals surface area (Å²) >= 11 is 7.56. The van der Waals surface area contributed by atoms with Crippen molar-refractivity contribution in [3.8, 4) is 0 Å². The lowest BCUT2D eigenvalue weighted by Gasteiger charge is -2.06. The Morgan fingerprint density at radius 3 is 2.90 bits per heavy atom. The number of imidazole rings is 1. The number of rotatable bonds is 8. The monoisotopic (exact) mass is 444 g/mol. The minimum absolute atomic E-state index is 0.170. The number of halogens is 1. The predicted octanol–water partition coefficient (Wildman–Crippen LogP) is 3.29. The number of aromatic nitrogens is 3. The SMILES string of the molecule is Cn1c(Nc2nc3ccc(Cl)cc3s2)nc2cc(C(=O)NCCOCCN)ccc21. The summed E-state index contributed by atoms with van der Waals surface area (Å²) in [4.78, 5) is 21.6. The number of aryl methyl sites for hydroxylation is 1. The zero-order valence-corrected chi connectivity index (χ0v) is 17.9. The van der Waals surface area contributed by atoms with Crippen molar-refractivity contribution in [1.29, 1.82) is 0 Å². The van der Waals surface area contributed by atoms with Crippen molar-refractivity contribution in [2.24, 2.45) is 12.8 Å². The van der Waals surface area contributed by atoms with Gasteiger partial charge in [-0.3, -0.25) is 4.79 Å². The number of benzene rings is 2. The van der Waals surface area contributed by atoms with Gasteiger partial charge in [-0.1, -0.05) is 22.9 Å². The summed E-state index contributed by atoms with van der Waals surface area (Å²) < 4.78 is 8.19. The van der Waals surface area contributed by atoms with Crippen LogP contribution in [0.3, 0.4) is 0 Å². The molecule has 0 aliphatic rings. The molecule has 0 fully saturated rings. The van der Waals surface area contributed by atoms with Gasteiger partial charge in [-0.25, -0.2) is 9.97 Å². The van der Waals surface area contributed by atoms with Crippen LogP contribution in [0.15, 0.2) is 36.4 Å². The van der Waals surface area contributed by atoms with Gasteiger partial charge in [0.05, 0.1) is 34.5 Å². The average Bonchev–Trinajstić information content (AvgIpc) is 3.27. The molecule has 156 valence electrons. The summed E-state index contributed by atoms with van der Waals surface area (Å²) in [6.45, 7) is 1.79. The number of carbonyl (C=O) groups is 1. The molecule has 0 spiro atoms.